The molecule has 1 fully saturated rings. The molecule has 3 rings (SSSR count). The van der Waals surface area contributed by atoms with Gasteiger partial charge in [0.25, 0.3) is 0 Å². The van der Waals surface area contributed by atoms with Gasteiger partial charge in [-0.05, 0) is 32.6 Å². The van der Waals surface area contributed by atoms with E-state index in [2.05, 4.69) is 32.1 Å². The molecule has 0 radical (unpaired) electrons. The molecular formula is C11H16OS. The minimum absolute atomic E-state index is 0.300. The van der Waals surface area contributed by atoms with Gasteiger partial charge in [0.1, 0.15) is 0 Å². The molecule has 72 valence electrons. The Bertz CT molecular complexity index is 286. The summed E-state index contributed by atoms with van der Waals surface area (Å²) in [6.07, 6.45) is 8.96. The standard InChI is InChI=1S/C11H16OS/c1-8(2)7-11-9-3-5-10(6-4-9)13(11)12/h3,5,7,9-11H,4,6H2,1-2H3/t9-,10+,11+,13?/m0/s1. The number of allylic oxidation sites excluding steroid dienone is 2. The van der Waals surface area contributed by atoms with Gasteiger partial charge >= 0.3 is 0 Å². The molecule has 0 amide bonds. The molecule has 0 aromatic heterocycles. The molecule has 0 N–H and O–H groups in total. The predicted molar refractivity (Wildman–Crippen MR) is 57.0 cm³/mol. The third-order valence-electron chi connectivity index (χ3n) is 2.84. The van der Waals surface area contributed by atoms with Gasteiger partial charge < -0.3 is 0 Å². The van der Waals surface area contributed by atoms with Crippen LogP contribution in [-0.4, -0.2) is 14.7 Å². The first kappa shape index (κ1) is 9.20. The topological polar surface area (TPSA) is 17.1 Å². The molecule has 2 heteroatoms. The van der Waals surface area contributed by atoms with Crippen LogP contribution in [0.1, 0.15) is 26.7 Å². The maximum Gasteiger partial charge on any atom is 0.0598 e. The van der Waals surface area contributed by atoms with Gasteiger partial charge in [-0.25, -0.2) is 0 Å². The van der Waals surface area contributed by atoms with Gasteiger partial charge in [0.05, 0.1) is 10.5 Å². The highest BCUT2D eigenvalue weighted by atomic mass is 32.2. The molecule has 2 bridgehead atoms. The van der Waals surface area contributed by atoms with Crippen LogP contribution in [0.4, 0.5) is 0 Å². The number of fused-ring (bicyclic) bond motifs is 2. The fourth-order valence-electron chi connectivity index (χ4n) is 2.18. The van der Waals surface area contributed by atoms with Crippen molar-refractivity contribution >= 4 is 10.8 Å². The maximum absolute atomic E-state index is 11.9. The third-order valence-corrected chi connectivity index (χ3v) is 4.86. The third kappa shape index (κ3) is 1.64. The minimum Gasteiger partial charge on any atom is -0.258 e. The fourth-order valence-corrected chi connectivity index (χ4v) is 4.17. The Kier molecular flexibility index (Phi) is 2.41. The van der Waals surface area contributed by atoms with Gasteiger partial charge in [0, 0.05) is 10.8 Å². The van der Waals surface area contributed by atoms with Gasteiger partial charge in [-0.3, -0.25) is 4.21 Å². The van der Waals surface area contributed by atoms with E-state index in [4.69, 9.17) is 0 Å². The maximum atomic E-state index is 11.9. The highest BCUT2D eigenvalue weighted by molar-refractivity contribution is 7.86. The lowest BCUT2D eigenvalue weighted by Gasteiger charge is -2.35. The van der Waals surface area contributed by atoms with Crippen LogP contribution in [0.2, 0.25) is 0 Å². The van der Waals surface area contributed by atoms with Crippen molar-refractivity contribution in [1.82, 2.24) is 0 Å². The van der Waals surface area contributed by atoms with Crippen LogP contribution in [-0.2, 0) is 10.8 Å². The van der Waals surface area contributed by atoms with Gasteiger partial charge in [-0.2, -0.15) is 0 Å². The fraction of sp³-hybridized carbons (Fsp3) is 0.636. The zero-order valence-corrected chi connectivity index (χ0v) is 9.01. The SMILES string of the molecule is CC(C)=C[C@@H]1[C@H]2C=C[C@H](CC2)S1=O. The van der Waals surface area contributed by atoms with Gasteiger partial charge in [-0.1, -0.05) is 23.8 Å². The largest absolute Gasteiger partial charge is 0.258 e. The summed E-state index contributed by atoms with van der Waals surface area (Å²) < 4.78 is 11.9. The summed E-state index contributed by atoms with van der Waals surface area (Å²) in [5.41, 5.74) is 1.29. The normalized spacial score (nSPS) is 42.0. The molecule has 4 atom stereocenters. The molecule has 0 spiro atoms. The first-order valence-corrected chi connectivity index (χ1v) is 6.19. The molecule has 2 heterocycles. The number of rotatable bonds is 1. The zero-order valence-electron chi connectivity index (χ0n) is 8.19. The Hall–Kier alpha value is -0.370. The lowest BCUT2D eigenvalue weighted by Crippen LogP contribution is -2.38. The highest BCUT2D eigenvalue weighted by Gasteiger charge is 2.36. The van der Waals surface area contributed by atoms with Crippen LogP contribution in [0.5, 0.6) is 0 Å². The van der Waals surface area contributed by atoms with Crippen LogP contribution < -0.4 is 0 Å². The molecule has 0 aromatic carbocycles. The van der Waals surface area contributed by atoms with E-state index in [1.165, 1.54) is 12.0 Å². The Morgan fingerprint density at radius 2 is 2.15 bits per heavy atom. The molecule has 1 aliphatic carbocycles. The Balaban J connectivity index is 2.26. The molecule has 2 aliphatic heterocycles. The van der Waals surface area contributed by atoms with E-state index in [0.717, 1.165) is 6.42 Å². The zero-order chi connectivity index (χ0) is 9.42. The first-order chi connectivity index (χ1) is 6.18. The first-order valence-electron chi connectivity index (χ1n) is 4.91. The van der Waals surface area contributed by atoms with Crippen molar-refractivity contribution in [3.8, 4) is 0 Å². The van der Waals surface area contributed by atoms with Crippen LogP contribution >= 0.6 is 0 Å². The molecule has 1 nitrogen and oxygen atoms in total. The van der Waals surface area contributed by atoms with E-state index < -0.39 is 10.8 Å². The second-order valence-electron chi connectivity index (χ2n) is 4.20. The summed E-state index contributed by atoms with van der Waals surface area (Å²) in [4.78, 5) is 0. The smallest absolute Gasteiger partial charge is 0.0598 e. The quantitative estimate of drug-likeness (QED) is 0.589. The number of hydrogen-bond acceptors (Lipinski definition) is 1. The summed E-state index contributed by atoms with van der Waals surface area (Å²) in [6, 6.07) is 0. The predicted octanol–water partition coefficient (Wildman–Crippen LogP) is 2.42. The second-order valence-corrected chi connectivity index (χ2v) is 6.01. The second kappa shape index (κ2) is 3.41. The molecule has 1 saturated heterocycles. The minimum atomic E-state index is -0.650. The Morgan fingerprint density at radius 3 is 2.62 bits per heavy atom. The van der Waals surface area contributed by atoms with Gasteiger partial charge in [-0.15, -0.1) is 0 Å². The van der Waals surface area contributed by atoms with E-state index in [1.807, 2.05) is 0 Å². The van der Waals surface area contributed by atoms with Crippen molar-refractivity contribution in [3.05, 3.63) is 23.8 Å². The van der Waals surface area contributed by atoms with Crippen LogP contribution in [0.25, 0.3) is 0 Å². The summed E-state index contributed by atoms with van der Waals surface area (Å²) in [5, 5.41) is 0.638. The highest BCUT2D eigenvalue weighted by Crippen LogP contribution is 2.35. The monoisotopic (exact) mass is 196 g/mol. The van der Waals surface area contributed by atoms with Gasteiger partial charge in [0.15, 0.2) is 0 Å². The van der Waals surface area contributed by atoms with Crippen molar-refractivity contribution in [1.29, 1.82) is 0 Å². The Morgan fingerprint density at radius 1 is 1.38 bits per heavy atom. The number of hydrogen-bond donors (Lipinski definition) is 0. The average Bonchev–Trinajstić information content (AvgIpc) is 2.11. The van der Waals surface area contributed by atoms with Gasteiger partial charge in [0.2, 0.25) is 0 Å². The molecule has 13 heavy (non-hydrogen) atoms. The summed E-state index contributed by atoms with van der Waals surface area (Å²) >= 11 is 0. The van der Waals surface area contributed by atoms with E-state index >= 15 is 0 Å². The van der Waals surface area contributed by atoms with E-state index in [1.54, 1.807) is 0 Å². The van der Waals surface area contributed by atoms with E-state index in [9.17, 15) is 4.21 Å². The summed E-state index contributed by atoms with van der Waals surface area (Å²) in [5.74, 6) is 0.542. The van der Waals surface area contributed by atoms with Crippen molar-refractivity contribution in [3.63, 3.8) is 0 Å². The van der Waals surface area contributed by atoms with Crippen molar-refractivity contribution < 1.29 is 4.21 Å². The summed E-state index contributed by atoms with van der Waals surface area (Å²) in [6.45, 7) is 4.17. The van der Waals surface area contributed by atoms with E-state index in [0.29, 0.717) is 16.4 Å². The Labute approximate surface area is 82.4 Å². The van der Waals surface area contributed by atoms with Crippen LogP contribution in [0, 0.1) is 5.92 Å². The molecule has 3 aliphatic rings. The molecule has 0 aromatic rings. The van der Waals surface area contributed by atoms with Crippen LogP contribution in [0.3, 0.4) is 0 Å². The van der Waals surface area contributed by atoms with Crippen molar-refractivity contribution in [2.75, 3.05) is 0 Å². The molecule has 0 saturated carbocycles. The van der Waals surface area contributed by atoms with Crippen LogP contribution in [0.15, 0.2) is 23.8 Å². The van der Waals surface area contributed by atoms with Crippen molar-refractivity contribution in [2.45, 2.75) is 37.2 Å². The average molecular weight is 196 g/mol. The lowest BCUT2D eigenvalue weighted by molar-refractivity contribution is 0.510. The molecule has 1 unspecified atom stereocenters. The van der Waals surface area contributed by atoms with Crippen molar-refractivity contribution in [2.24, 2.45) is 5.92 Å². The summed E-state index contributed by atoms with van der Waals surface area (Å²) in [7, 11) is -0.650. The van der Waals surface area contributed by atoms with E-state index in [-0.39, 0.29) is 0 Å². The lowest BCUT2D eigenvalue weighted by atomic mass is 9.91. The molecular weight excluding hydrogens is 180 g/mol.